The van der Waals surface area contributed by atoms with Gasteiger partial charge in [-0.3, -0.25) is 20.2 Å². The number of hydrogen-bond acceptors (Lipinski definition) is 7. The summed E-state index contributed by atoms with van der Waals surface area (Å²) in [6, 6.07) is 16.5. The number of non-ortho nitro benzene ring substituents is 2. The highest BCUT2D eigenvalue weighted by Gasteiger charge is 2.07. The number of nitro groups is 2. The van der Waals surface area contributed by atoms with Crippen molar-refractivity contribution in [2.45, 2.75) is 13.1 Å². The van der Waals surface area contributed by atoms with Crippen LogP contribution in [-0.2, 0) is 13.1 Å². The number of pyridine rings is 1. The molecule has 142 valence electrons. The van der Waals surface area contributed by atoms with Crippen molar-refractivity contribution in [1.29, 1.82) is 0 Å². The average molecular weight is 379 g/mol. The number of nitro benzene ring substituents is 2. The summed E-state index contributed by atoms with van der Waals surface area (Å²) < 4.78 is 0. The van der Waals surface area contributed by atoms with Crippen LogP contribution in [0.3, 0.4) is 0 Å². The van der Waals surface area contributed by atoms with Crippen LogP contribution in [0.1, 0.15) is 11.1 Å². The van der Waals surface area contributed by atoms with E-state index in [0.717, 1.165) is 16.8 Å². The first-order valence-electron chi connectivity index (χ1n) is 8.42. The third-order valence-corrected chi connectivity index (χ3v) is 3.98. The summed E-state index contributed by atoms with van der Waals surface area (Å²) in [6.07, 6.45) is 1.65. The number of hydrogen-bond donors (Lipinski definition) is 2. The maximum Gasteiger partial charge on any atom is 0.269 e. The Bertz CT molecular complexity index is 911. The van der Waals surface area contributed by atoms with Crippen molar-refractivity contribution in [2.75, 3.05) is 10.6 Å². The summed E-state index contributed by atoms with van der Waals surface area (Å²) in [7, 11) is 0. The van der Waals surface area contributed by atoms with E-state index in [9.17, 15) is 20.2 Å². The van der Waals surface area contributed by atoms with Gasteiger partial charge in [-0.25, -0.2) is 4.98 Å². The summed E-state index contributed by atoms with van der Waals surface area (Å²) in [5.74, 6) is 0.632. The van der Waals surface area contributed by atoms with Gasteiger partial charge < -0.3 is 10.6 Å². The number of rotatable bonds is 8. The maximum atomic E-state index is 10.8. The van der Waals surface area contributed by atoms with E-state index in [0.29, 0.717) is 18.9 Å². The summed E-state index contributed by atoms with van der Waals surface area (Å²) in [5.41, 5.74) is 2.45. The minimum atomic E-state index is -0.427. The fourth-order valence-corrected chi connectivity index (χ4v) is 2.56. The van der Waals surface area contributed by atoms with Gasteiger partial charge in [-0.15, -0.1) is 0 Å². The zero-order valence-corrected chi connectivity index (χ0v) is 14.7. The molecule has 0 bridgehead atoms. The third kappa shape index (κ3) is 5.01. The first-order chi connectivity index (χ1) is 13.5. The van der Waals surface area contributed by atoms with Gasteiger partial charge in [-0.05, 0) is 23.3 Å². The second-order valence-corrected chi connectivity index (χ2v) is 5.99. The van der Waals surface area contributed by atoms with E-state index in [2.05, 4.69) is 15.6 Å². The Kier molecular flexibility index (Phi) is 5.75. The monoisotopic (exact) mass is 379 g/mol. The Labute approximate surface area is 160 Å². The van der Waals surface area contributed by atoms with Crippen molar-refractivity contribution in [1.82, 2.24) is 4.98 Å². The predicted octanol–water partition coefficient (Wildman–Crippen LogP) is 4.12. The number of nitrogens with one attached hydrogen (secondary N) is 2. The molecule has 0 atom stereocenters. The van der Waals surface area contributed by atoms with Crippen LogP contribution in [0.25, 0.3) is 0 Å². The van der Waals surface area contributed by atoms with Crippen LogP contribution in [0.5, 0.6) is 0 Å². The van der Waals surface area contributed by atoms with E-state index in [-0.39, 0.29) is 11.4 Å². The fourth-order valence-electron chi connectivity index (χ4n) is 2.56. The fraction of sp³-hybridized carbons (Fsp3) is 0.105. The lowest BCUT2D eigenvalue weighted by atomic mass is 10.2. The Morgan fingerprint density at radius 2 is 1.36 bits per heavy atom. The van der Waals surface area contributed by atoms with E-state index in [1.807, 2.05) is 12.1 Å². The number of benzene rings is 2. The molecule has 0 aliphatic carbocycles. The molecule has 1 heterocycles. The minimum Gasteiger partial charge on any atom is -0.380 e. The minimum absolute atomic E-state index is 0.0490. The second kappa shape index (κ2) is 8.58. The molecule has 0 aliphatic rings. The molecular formula is C19H17N5O4. The number of nitrogens with zero attached hydrogens (tertiary/aromatic N) is 3. The highest BCUT2D eigenvalue weighted by molar-refractivity contribution is 5.48. The van der Waals surface area contributed by atoms with Crippen molar-refractivity contribution in [3.8, 4) is 0 Å². The van der Waals surface area contributed by atoms with Gasteiger partial charge in [0, 0.05) is 37.4 Å². The van der Waals surface area contributed by atoms with Gasteiger partial charge in [0.25, 0.3) is 11.4 Å². The highest BCUT2D eigenvalue weighted by Crippen LogP contribution is 2.17. The van der Waals surface area contributed by atoms with Crippen LogP contribution in [0, 0.1) is 20.2 Å². The standard InChI is InChI=1S/C19H17N5O4/c25-23(26)17-5-1-3-14(9-17)11-20-16-7-8-19(22-13-16)21-12-15-4-2-6-18(10-15)24(27)28/h1-10,13,20H,11-12H2,(H,21,22). The SMILES string of the molecule is O=[N+]([O-])c1cccc(CNc2ccc(NCc3cccc([N+](=O)[O-])c3)nc2)c1. The largest absolute Gasteiger partial charge is 0.380 e. The lowest BCUT2D eigenvalue weighted by Gasteiger charge is -2.09. The molecule has 2 aromatic carbocycles. The van der Waals surface area contributed by atoms with Gasteiger partial charge in [0.2, 0.25) is 0 Å². The van der Waals surface area contributed by atoms with Crippen LogP contribution in [0.15, 0.2) is 66.9 Å². The van der Waals surface area contributed by atoms with Crippen molar-refractivity contribution in [3.63, 3.8) is 0 Å². The normalized spacial score (nSPS) is 10.3. The van der Waals surface area contributed by atoms with Crippen LogP contribution in [0.2, 0.25) is 0 Å². The van der Waals surface area contributed by atoms with Gasteiger partial charge in [0.15, 0.2) is 0 Å². The zero-order valence-electron chi connectivity index (χ0n) is 14.7. The summed E-state index contributed by atoms with van der Waals surface area (Å²) >= 11 is 0. The molecule has 0 radical (unpaired) electrons. The summed E-state index contributed by atoms with van der Waals surface area (Å²) in [4.78, 5) is 25.1. The van der Waals surface area contributed by atoms with E-state index >= 15 is 0 Å². The molecule has 2 N–H and O–H groups in total. The first kappa shape index (κ1) is 18.8. The topological polar surface area (TPSA) is 123 Å². The summed E-state index contributed by atoms with van der Waals surface area (Å²) in [6.45, 7) is 0.846. The van der Waals surface area contributed by atoms with Gasteiger partial charge in [0.05, 0.1) is 21.7 Å². The molecule has 0 saturated heterocycles. The predicted molar refractivity (Wildman–Crippen MR) is 105 cm³/mol. The molecule has 3 rings (SSSR count). The maximum absolute atomic E-state index is 10.8. The van der Waals surface area contributed by atoms with Crippen LogP contribution in [-0.4, -0.2) is 14.8 Å². The van der Waals surface area contributed by atoms with E-state index in [4.69, 9.17) is 0 Å². The van der Waals surface area contributed by atoms with Crippen molar-refractivity contribution in [2.24, 2.45) is 0 Å². The molecule has 9 heteroatoms. The van der Waals surface area contributed by atoms with E-state index < -0.39 is 9.85 Å². The van der Waals surface area contributed by atoms with Crippen LogP contribution >= 0.6 is 0 Å². The van der Waals surface area contributed by atoms with E-state index in [1.165, 1.54) is 24.3 Å². The van der Waals surface area contributed by atoms with Gasteiger partial charge >= 0.3 is 0 Å². The smallest absolute Gasteiger partial charge is 0.269 e. The zero-order chi connectivity index (χ0) is 19.9. The highest BCUT2D eigenvalue weighted by atomic mass is 16.6. The van der Waals surface area contributed by atoms with Gasteiger partial charge in [0.1, 0.15) is 5.82 Å². The third-order valence-electron chi connectivity index (χ3n) is 3.98. The first-order valence-corrected chi connectivity index (χ1v) is 8.42. The molecule has 0 fully saturated rings. The van der Waals surface area contributed by atoms with Crippen molar-refractivity contribution >= 4 is 22.9 Å². The summed E-state index contributed by atoms with van der Waals surface area (Å²) in [5, 5.41) is 27.9. The van der Waals surface area contributed by atoms with Crippen LogP contribution in [0.4, 0.5) is 22.9 Å². The van der Waals surface area contributed by atoms with Crippen molar-refractivity contribution in [3.05, 3.63) is 98.2 Å². The quantitative estimate of drug-likeness (QED) is 0.445. The molecule has 0 unspecified atom stereocenters. The Morgan fingerprint density at radius 3 is 1.86 bits per heavy atom. The van der Waals surface area contributed by atoms with Crippen molar-refractivity contribution < 1.29 is 9.85 Å². The molecule has 0 aliphatic heterocycles. The molecule has 1 aromatic heterocycles. The molecule has 0 spiro atoms. The number of aromatic nitrogens is 1. The molecule has 0 amide bonds. The lowest BCUT2D eigenvalue weighted by Crippen LogP contribution is -2.03. The molecule has 0 saturated carbocycles. The molecular weight excluding hydrogens is 362 g/mol. The molecule has 28 heavy (non-hydrogen) atoms. The molecule has 9 nitrogen and oxygen atoms in total. The average Bonchev–Trinajstić information content (AvgIpc) is 2.72. The Hall–Kier alpha value is -4.01. The number of anilines is 2. The van der Waals surface area contributed by atoms with Gasteiger partial charge in [-0.2, -0.15) is 0 Å². The molecule has 3 aromatic rings. The van der Waals surface area contributed by atoms with Gasteiger partial charge in [-0.1, -0.05) is 24.3 Å². The second-order valence-electron chi connectivity index (χ2n) is 5.99. The Morgan fingerprint density at radius 1 is 0.786 bits per heavy atom. The van der Waals surface area contributed by atoms with Crippen LogP contribution < -0.4 is 10.6 Å². The lowest BCUT2D eigenvalue weighted by molar-refractivity contribution is -0.385. The Balaban J connectivity index is 1.55. The van der Waals surface area contributed by atoms with E-state index in [1.54, 1.807) is 30.5 Å².